The third kappa shape index (κ3) is 1.71. The van der Waals surface area contributed by atoms with E-state index in [1.165, 1.54) is 5.92 Å². The van der Waals surface area contributed by atoms with Gasteiger partial charge < -0.3 is 0 Å². The fourth-order valence-electron chi connectivity index (χ4n) is 0.0386. The topological polar surface area (TPSA) is 0 Å². The number of hydrogen-bond donors (Lipinski definition) is 0. The van der Waals surface area contributed by atoms with Crippen molar-refractivity contribution < 1.29 is 8.78 Å². The number of hydrogen-bond acceptors (Lipinski definition) is 0. The Labute approximate surface area is 35.2 Å². The zero-order valence-electron chi connectivity index (χ0n) is 3.04. The number of rotatable bonds is 1. The van der Waals surface area contributed by atoms with Crippen molar-refractivity contribution in [1.82, 2.24) is 0 Å². The van der Waals surface area contributed by atoms with Gasteiger partial charge in [-0.2, -0.15) is 0 Å². The molecule has 0 aromatic heterocycles. The lowest BCUT2D eigenvalue weighted by molar-refractivity contribution is 0.319. The van der Waals surface area contributed by atoms with Crippen LogP contribution >= 0.6 is 0 Å². The normalized spacial score (nSPS) is 12.8. The van der Waals surface area contributed by atoms with E-state index in [-0.39, 0.29) is 0 Å². The zero-order valence-corrected chi connectivity index (χ0v) is 3.04. The molecule has 0 bridgehead atoms. The van der Waals surface area contributed by atoms with Gasteiger partial charge in [-0.3, -0.25) is 0 Å². The van der Waals surface area contributed by atoms with Gasteiger partial charge in [0.2, 0.25) is 0 Å². The van der Waals surface area contributed by atoms with Crippen LogP contribution in [0.25, 0.3) is 0 Å². The van der Waals surface area contributed by atoms with Crippen LogP contribution in [0.3, 0.4) is 0 Å². The highest BCUT2D eigenvalue weighted by Gasteiger charge is 1.94. The summed E-state index contributed by atoms with van der Waals surface area (Å²) in [5.74, 6) is 1.32. The Kier molecular flexibility index (Phi) is 2.39. The van der Waals surface area contributed by atoms with Crippen molar-refractivity contribution in [2.24, 2.45) is 0 Å². The Hall–Kier alpha value is -0.580. The molecule has 1 radical (unpaired) electrons. The van der Waals surface area contributed by atoms with Gasteiger partial charge in [-0.05, 0) is 12.3 Å². The summed E-state index contributed by atoms with van der Waals surface area (Å²) in [6, 6.07) is 0. The van der Waals surface area contributed by atoms with Gasteiger partial charge in [-0.15, -0.1) is 0 Å². The van der Waals surface area contributed by atoms with Crippen LogP contribution in [0.4, 0.5) is 8.78 Å². The van der Waals surface area contributed by atoms with Gasteiger partial charge in [-0.25, -0.2) is 8.78 Å². The Morgan fingerprint density at radius 3 is 2.33 bits per heavy atom. The first kappa shape index (κ1) is 5.42. The Balaban J connectivity index is 3.04. The second kappa shape index (κ2) is 2.65. The standard InChI is InChI=1S/C4H3F2/c1-2-4(6)3-5/h4H,3H2. The second-order valence-corrected chi connectivity index (χ2v) is 0.766. The number of alkyl halides is 2. The summed E-state index contributed by atoms with van der Waals surface area (Å²) in [5.41, 5.74) is 0. The Morgan fingerprint density at radius 1 is 1.83 bits per heavy atom. The molecule has 0 heterocycles. The zero-order chi connectivity index (χ0) is 4.99. The monoisotopic (exact) mass is 89.0 g/mol. The quantitative estimate of drug-likeness (QED) is 0.418. The third-order valence-corrected chi connectivity index (χ3v) is 0.292. The lowest BCUT2D eigenvalue weighted by atomic mass is 10.5. The average molecular weight is 89.1 g/mol. The van der Waals surface area contributed by atoms with Crippen molar-refractivity contribution in [3.63, 3.8) is 0 Å². The first-order valence-electron chi connectivity index (χ1n) is 1.43. The molecule has 0 rings (SSSR count). The summed E-state index contributed by atoms with van der Waals surface area (Å²) in [4.78, 5) is 0. The molecule has 1 unspecified atom stereocenters. The second-order valence-electron chi connectivity index (χ2n) is 0.766. The molecule has 0 fully saturated rings. The van der Waals surface area contributed by atoms with Gasteiger partial charge in [0.1, 0.15) is 6.67 Å². The molecule has 0 spiro atoms. The average Bonchev–Trinajstić information content (AvgIpc) is 1.65. The number of halogens is 2. The van der Waals surface area contributed by atoms with Gasteiger partial charge in [-0.1, -0.05) is 0 Å². The van der Waals surface area contributed by atoms with Gasteiger partial charge in [0.05, 0.1) is 0 Å². The van der Waals surface area contributed by atoms with E-state index >= 15 is 0 Å². The van der Waals surface area contributed by atoms with Gasteiger partial charge in [0, 0.05) is 0 Å². The molecular weight excluding hydrogens is 86.0 g/mol. The summed E-state index contributed by atoms with van der Waals surface area (Å²) in [6.07, 6.45) is 4.13. The van der Waals surface area contributed by atoms with Crippen LogP contribution in [0.15, 0.2) is 0 Å². The molecule has 0 nitrogen and oxygen atoms in total. The fraction of sp³-hybridized carbons (Fsp3) is 0.500. The van der Waals surface area contributed by atoms with Crippen LogP contribution in [0.5, 0.6) is 0 Å². The maximum Gasteiger partial charge on any atom is 0.189 e. The molecule has 33 valence electrons. The first-order valence-corrected chi connectivity index (χ1v) is 1.43. The van der Waals surface area contributed by atoms with Crippen LogP contribution in [0, 0.1) is 12.3 Å². The third-order valence-electron chi connectivity index (χ3n) is 0.292. The molecule has 0 aromatic carbocycles. The summed E-state index contributed by atoms with van der Waals surface area (Å²) < 4.78 is 22.0. The predicted molar refractivity (Wildman–Crippen MR) is 18.0 cm³/mol. The van der Waals surface area contributed by atoms with E-state index in [1.54, 1.807) is 0 Å². The summed E-state index contributed by atoms with van der Waals surface area (Å²) in [7, 11) is 0. The minimum absolute atomic E-state index is 1.14. The van der Waals surface area contributed by atoms with E-state index in [0.29, 0.717) is 0 Å². The molecule has 0 aliphatic carbocycles. The molecule has 0 N–H and O–H groups in total. The van der Waals surface area contributed by atoms with E-state index in [4.69, 9.17) is 6.42 Å². The molecule has 0 aliphatic rings. The highest BCUT2D eigenvalue weighted by molar-refractivity contribution is 4.86. The maximum absolute atomic E-state index is 11.2. The minimum atomic E-state index is -1.81. The summed E-state index contributed by atoms with van der Waals surface area (Å²) in [5, 5.41) is 0. The fourth-order valence-corrected chi connectivity index (χ4v) is 0.0386. The van der Waals surface area contributed by atoms with E-state index in [2.05, 4.69) is 0 Å². The Morgan fingerprint density at radius 2 is 2.33 bits per heavy atom. The molecular formula is C4H3F2. The Bertz CT molecular complexity index is 62.4. The lowest BCUT2D eigenvalue weighted by Crippen LogP contribution is -1.95. The summed E-state index contributed by atoms with van der Waals surface area (Å²) in [6.45, 7) is -1.14. The maximum atomic E-state index is 11.2. The largest absolute Gasteiger partial charge is 0.247 e. The molecule has 0 aromatic rings. The molecule has 0 amide bonds. The van der Waals surface area contributed by atoms with Crippen LogP contribution in [-0.4, -0.2) is 12.8 Å². The van der Waals surface area contributed by atoms with Crippen molar-refractivity contribution in [3.8, 4) is 5.92 Å². The molecule has 0 aliphatic heterocycles. The molecule has 0 saturated heterocycles. The minimum Gasteiger partial charge on any atom is -0.247 e. The van der Waals surface area contributed by atoms with E-state index < -0.39 is 12.8 Å². The van der Waals surface area contributed by atoms with Crippen molar-refractivity contribution in [3.05, 3.63) is 6.42 Å². The van der Waals surface area contributed by atoms with E-state index in [1.807, 2.05) is 0 Å². The molecule has 6 heavy (non-hydrogen) atoms. The van der Waals surface area contributed by atoms with Gasteiger partial charge >= 0.3 is 0 Å². The van der Waals surface area contributed by atoms with Crippen LogP contribution in [0.2, 0.25) is 0 Å². The highest BCUT2D eigenvalue weighted by atomic mass is 19.2. The van der Waals surface area contributed by atoms with Crippen molar-refractivity contribution >= 4 is 0 Å². The summed E-state index contributed by atoms with van der Waals surface area (Å²) >= 11 is 0. The van der Waals surface area contributed by atoms with Crippen molar-refractivity contribution in [2.45, 2.75) is 6.17 Å². The molecule has 1 atom stereocenters. The van der Waals surface area contributed by atoms with E-state index in [9.17, 15) is 8.78 Å². The lowest BCUT2D eigenvalue weighted by Gasteiger charge is -1.82. The molecule has 2 heteroatoms. The predicted octanol–water partition coefficient (Wildman–Crippen LogP) is 0.884. The van der Waals surface area contributed by atoms with Crippen molar-refractivity contribution in [1.29, 1.82) is 0 Å². The van der Waals surface area contributed by atoms with Crippen LogP contribution < -0.4 is 0 Å². The molecule has 0 saturated carbocycles. The smallest absolute Gasteiger partial charge is 0.189 e. The van der Waals surface area contributed by atoms with Gasteiger partial charge in [0.15, 0.2) is 6.17 Å². The first-order chi connectivity index (χ1) is 2.81. The van der Waals surface area contributed by atoms with Crippen LogP contribution in [0.1, 0.15) is 0 Å². The SMILES string of the molecule is [C]#CC(F)CF. The van der Waals surface area contributed by atoms with Crippen LogP contribution in [-0.2, 0) is 0 Å². The van der Waals surface area contributed by atoms with E-state index in [0.717, 1.165) is 0 Å². The van der Waals surface area contributed by atoms with Crippen molar-refractivity contribution in [2.75, 3.05) is 6.67 Å². The highest BCUT2D eigenvalue weighted by Crippen LogP contribution is 1.85. The van der Waals surface area contributed by atoms with Gasteiger partial charge in [0.25, 0.3) is 0 Å².